The Balaban J connectivity index is 1.52. The molecule has 1 aliphatic rings. The van der Waals surface area contributed by atoms with Crippen molar-refractivity contribution in [1.29, 1.82) is 0 Å². The molecule has 1 fully saturated rings. The van der Waals surface area contributed by atoms with Crippen LogP contribution in [0.3, 0.4) is 0 Å². The van der Waals surface area contributed by atoms with E-state index in [2.05, 4.69) is 68.1 Å². The Morgan fingerprint density at radius 2 is 2.18 bits per heavy atom. The second-order valence-electron chi connectivity index (χ2n) is 6.09. The minimum Gasteiger partial charge on any atom is -0.340 e. The Morgan fingerprint density at radius 1 is 1.27 bits per heavy atom. The van der Waals surface area contributed by atoms with Crippen LogP contribution in [0.2, 0.25) is 0 Å². The lowest BCUT2D eigenvalue weighted by molar-refractivity contribution is 0.568. The second kappa shape index (κ2) is 5.48. The van der Waals surface area contributed by atoms with Gasteiger partial charge in [0.15, 0.2) is 0 Å². The van der Waals surface area contributed by atoms with Gasteiger partial charge in [0.2, 0.25) is 5.95 Å². The first-order chi connectivity index (χ1) is 10.8. The summed E-state index contributed by atoms with van der Waals surface area (Å²) in [5, 5.41) is 8.76. The van der Waals surface area contributed by atoms with Crippen LogP contribution in [0, 0.1) is 5.92 Å². The molecular formula is C17H21N5. The number of rotatable bonds is 4. The van der Waals surface area contributed by atoms with E-state index in [-0.39, 0.29) is 0 Å². The van der Waals surface area contributed by atoms with Crippen LogP contribution >= 0.6 is 0 Å². The molecule has 5 nitrogen and oxygen atoms in total. The van der Waals surface area contributed by atoms with Crippen LogP contribution in [0.15, 0.2) is 36.5 Å². The molecule has 1 unspecified atom stereocenters. The number of nitrogens with zero attached hydrogens (tertiary/aromatic N) is 4. The number of para-hydroxylation sites is 1. The van der Waals surface area contributed by atoms with E-state index >= 15 is 0 Å². The van der Waals surface area contributed by atoms with Crippen LogP contribution in [-0.4, -0.2) is 32.8 Å². The van der Waals surface area contributed by atoms with Crippen molar-refractivity contribution in [2.24, 2.45) is 5.92 Å². The largest absolute Gasteiger partial charge is 0.340 e. The zero-order chi connectivity index (χ0) is 14.9. The lowest BCUT2D eigenvalue weighted by Crippen LogP contribution is -2.20. The van der Waals surface area contributed by atoms with Gasteiger partial charge in [-0.25, -0.2) is 0 Å². The lowest BCUT2D eigenvalue weighted by atomic mass is 10.1. The molecule has 4 rings (SSSR count). The first-order valence-electron chi connectivity index (χ1n) is 8.03. The SMILES string of the molecule is CCC1CCN(c2n[nH]c(Cn3ccc4ccccc43)n2)C1. The molecule has 0 aliphatic carbocycles. The lowest BCUT2D eigenvalue weighted by Gasteiger charge is -2.12. The van der Waals surface area contributed by atoms with E-state index in [0.717, 1.165) is 37.3 Å². The minimum atomic E-state index is 0.728. The summed E-state index contributed by atoms with van der Waals surface area (Å²) in [7, 11) is 0. The van der Waals surface area contributed by atoms with Crippen molar-refractivity contribution in [2.75, 3.05) is 18.0 Å². The topological polar surface area (TPSA) is 49.7 Å². The molecule has 0 saturated carbocycles. The van der Waals surface area contributed by atoms with Crippen molar-refractivity contribution in [2.45, 2.75) is 26.3 Å². The third-order valence-electron chi connectivity index (χ3n) is 4.67. The molecule has 0 bridgehead atoms. The van der Waals surface area contributed by atoms with Gasteiger partial charge in [0.1, 0.15) is 5.82 Å². The van der Waals surface area contributed by atoms with E-state index in [1.54, 1.807) is 0 Å². The van der Waals surface area contributed by atoms with E-state index in [9.17, 15) is 0 Å². The molecule has 22 heavy (non-hydrogen) atoms. The van der Waals surface area contributed by atoms with Gasteiger partial charge in [0.05, 0.1) is 6.54 Å². The number of aromatic nitrogens is 4. The van der Waals surface area contributed by atoms with Gasteiger partial charge in [0, 0.05) is 24.8 Å². The average molecular weight is 295 g/mol. The van der Waals surface area contributed by atoms with Crippen molar-refractivity contribution in [1.82, 2.24) is 19.7 Å². The van der Waals surface area contributed by atoms with E-state index in [0.29, 0.717) is 0 Å². The number of H-pyrrole nitrogens is 1. The third kappa shape index (κ3) is 2.36. The number of anilines is 1. The fraction of sp³-hybridized carbons (Fsp3) is 0.412. The maximum Gasteiger partial charge on any atom is 0.244 e. The summed E-state index contributed by atoms with van der Waals surface area (Å²) < 4.78 is 2.21. The summed E-state index contributed by atoms with van der Waals surface area (Å²) in [6.07, 6.45) is 4.60. The fourth-order valence-electron chi connectivity index (χ4n) is 3.28. The molecule has 1 aliphatic heterocycles. The van der Waals surface area contributed by atoms with Crippen molar-refractivity contribution in [3.8, 4) is 0 Å². The number of fused-ring (bicyclic) bond motifs is 1. The van der Waals surface area contributed by atoms with Crippen LogP contribution in [-0.2, 0) is 6.54 Å². The van der Waals surface area contributed by atoms with Crippen LogP contribution in [0.5, 0.6) is 0 Å². The molecule has 1 aromatic carbocycles. The number of nitrogens with one attached hydrogen (secondary N) is 1. The normalized spacial score (nSPS) is 18.4. The number of benzene rings is 1. The zero-order valence-electron chi connectivity index (χ0n) is 12.9. The minimum absolute atomic E-state index is 0.728. The van der Waals surface area contributed by atoms with Gasteiger partial charge in [-0.3, -0.25) is 5.10 Å². The first-order valence-corrected chi connectivity index (χ1v) is 8.03. The van der Waals surface area contributed by atoms with Gasteiger partial charge in [-0.15, -0.1) is 5.10 Å². The Morgan fingerprint density at radius 3 is 3.05 bits per heavy atom. The maximum atomic E-state index is 4.68. The highest BCUT2D eigenvalue weighted by atomic mass is 15.4. The molecule has 0 amide bonds. The summed E-state index contributed by atoms with van der Waals surface area (Å²) >= 11 is 0. The van der Waals surface area contributed by atoms with Gasteiger partial charge in [-0.2, -0.15) is 4.98 Å². The monoisotopic (exact) mass is 295 g/mol. The van der Waals surface area contributed by atoms with Crippen LogP contribution in [0.4, 0.5) is 5.95 Å². The van der Waals surface area contributed by atoms with E-state index in [1.807, 2.05) is 0 Å². The maximum absolute atomic E-state index is 4.68. The van der Waals surface area contributed by atoms with Crippen molar-refractivity contribution >= 4 is 16.9 Å². The summed E-state index contributed by atoms with van der Waals surface area (Å²) in [6, 6.07) is 10.5. The molecule has 2 aromatic heterocycles. The second-order valence-corrected chi connectivity index (χ2v) is 6.09. The summed E-state index contributed by atoms with van der Waals surface area (Å²) in [5.41, 5.74) is 1.23. The predicted octanol–water partition coefficient (Wildman–Crippen LogP) is 3.04. The highest BCUT2D eigenvalue weighted by Crippen LogP contribution is 2.23. The van der Waals surface area contributed by atoms with Crippen LogP contribution in [0.25, 0.3) is 10.9 Å². The van der Waals surface area contributed by atoms with Crippen molar-refractivity contribution in [3.05, 3.63) is 42.4 Å². The van der Waals surface area contributed by atoms with Gasteiger partial charge >= 0.3 is 0 Å². The van der Waals surface area contributed by atoms with Crippen LogP contribution < -0.4 is 4.90 Å². The molecule has 114 valence electrons. The van der Waals surface area contributed by atoms with E-state index in [1.165, 1.54) is 23.7 Å². The molecule has 1 atom stereocenters. The molecular weight excluding hydrogens is 274 g/mol. The summed E-state index contributed by atoms with van der Waals surface area (Å²) in [6.45, 7) is 5.14. The number of hydrogen-bond donors (Lipinski definition) is 1. The third-order valence-corrected chi connectivity index (χ3v) is 4.67. The Labute approximate surface area is 130 Å². The molecule has 3 heterocycles. The number of aromatic amines is 1. The quantitative estimate of drug-likeness (QED) is 0.805. The summed E-state index contributed by atoms with van der Waals surface area (Å²) in [5.74, 6) is 2.55. The molecule has 1 N–H and O–H groups in total. The van der Waals surface area contributed by atoms with E-state index in [4.69, 9.17) is 0 Å². The Hall–Kier alpha value is -2.30. The Kier molecular flexibility index (Phi) is 3.33. The molecule has 5 heteroatoms. The summed E-state index contributed by atoms with van der Waals surface area (Å²) in [4.78, 5) is 6.97. The first kappa shape index (κ1) is 13.4. The van der Waals surface area contributed by atoms with Crippen LogP contribution in [0.1, 0.15) is 25.6 Å². The zero-order valence-corrected chi connectivity index (χ0v) is 12.9. The molecule has 1 saturated heterocycles. The van der Waals surface area contributed by atoms with Crippen molar-refractivity contribution < 1.29 is 0 Å². The van der Waals surface area contributed by atoms with Gasteiger partial charge in [-0.05, 0) is 29.9 Å². The predicted molar refractivity (Wildman–Crippen MR) is 88.0 cm³/mol. The molecule has 3 aromatic rings. The van der Waals surface area contributed by atoms with Gasteiger partial charge in [0.25, 0.3) is 0 Å². The Bertz CT molecular complexity index is 772. The highest BCUT2D eigenvalue weighted by molar-refractivity contribution is 5.79. The molecule has 0 radical (unpaired) electrons. The average Bonchev–Trinajstić information content (AvgIpc) is 3.27. The van der Waals surface area contributed by atoms with Gasteiger partial charge < -0.3 is 9.47 Å². The number of hydrogen-bond acceptors (Lipinski definition) is 3. The van der Waals surface area contributed by atoms with E-state index < -0.39 is 0 Å². The van der Waals surface area contributed by atoms with Gasteiger partial charge in [-0.1, -0.05) is 31.5 Å². The smallest absolute Gasteiger partial charge is 0.244 e. The fourth-order valence-corrected chi connectivity index (χ4v) is 3.28. The molecule has 0 spiro atoms. The standard InChI is InChI=1S/C17H21N5/c1-2-13-7-9-22(11-13)17-18-16(19-20-17)12-21-10-8-14-5-3-4-6-15(14)21/h3-6,8,10,13H,2,7,9,11-12H2,1H3,(H,18,19,20). The highest BCUT2D eigenvalue weighted by Gasteiger charge is 2.23. The van der Waals surface area contributed by atoms with Crippen molar-refractivity contribution in [3.63, 3.8) is 0 Å².